The van der Waals surface area contributed by atoms with Gasteiger partial charge in [-0.05, 0) is 12.0 Å². The smallest absolute Gasteiger partial charge is 0.234 e. The summed E-state index contributed by atoms with van der Waals surface area (Å²) < 4.78 is 23.5. The molecule has 1 aliphatic rings. The minimum atomic E-state index is -3.22. The largest absolute Gasteiger partial charge is 0.474 e. The summed E-state index contributed by atoms with van der Waals surface area (Å²) in [6.07, 6.45) is 0. The maximum Gasteiger partial charge on any atom is 0.234 e. The summed E-state index contributed by atoms with van der Waals surface area (Å²) in [5.74, 6) is 0.963. The summed E-state index contributed by atoms with van der Waals surface area (Å²) in [5.41, 5.74) is 1.83. The van der Waals surface area contributed by atoms with Gasteiger partial charge in [0.1, 0.15) is 12.3 Å². The van der Waals surface area contributed by atoms with Crippen molar-refractivity contribution in [2.45, 2.75) is 19.9 Å². The zero-order chi connectivity index (χ0) is 22.3. The molecule has 162 valence electrons. The summed E-state index contributed by atoms with van der Waals surface area (Å²) in [4.78, 5) is 4.93. The van der Waals surface area contributed by atoms with Gasteiger partial charge in [-0.15, -0.1) is 0 Å². The molecule has 0 aliphatic carbocycles. The van der Waals surface area contributed by atoms with Gasteiger partial charge in [0.2, 0.25) is 5.90 Å². The highest BCUT2D eigenvalue weighted by Crippen LogP contribution is 2.46. The minimum Gasteiger partial charge on any atom is -0.474 e. The Morgan fingerprint density at radius 2 is 1.47 bits per heavy atom. The third-order valence-corrected chi connectivity index (χ3v) is 9.41. The van der Waals surface area contributed by atoms with E-state index in [0.717, 1.165) is 32.5 Å². The summed E-state index contributed by atoms with van der Waals surface area (Å²) in [7, 11) is -1.21. The minimum absolute atomic E-state index is 0.101. The molecule has 1 atom stereocenters. The average Bonchev–Trinajstić information content (AvgIpc) is 3.43. The number of rotatable bonds is 5. The van der Waals surface area contributed by atoms with Crippen LogP contribution in [0, 0.1) is 5.92 Å². The maximum absolute atomic E-state index is 15.3. The van der Waals surface area contributed by atoms with Crippen LogP contribution in [0.3, 0.4) is 0 Å². The lowest BCUT2D eigenvalue weighted by molar-refractivity contribution is 0.291. The van der Waals surface area contributed by atoms with Crippen LogP contribution in [0.4, 0.5) is 0 Å². The van der Waals surface area contributed by atoms with Crippen molar-refractivity contribution in [3.8, 4) is 0 Å². The Hall–Kier alpha value is -3.10. The Balaban J connectivity index is 1.88. The number of para-hydroxylation sites is 1. The summed E-state index contributed by atoms with van der Waals surface area (Å²) in [6.45, 7) is 4.86. The lowest BCUT2D eigenvalue weighted by Gasteiger charge is -2.21. The highest BCUT2D eigenvalue weighted by molar-refractivity contribution is 7.85. The SMILES string of the molecule is CC(C)[C@H]1COC(c2c(P(=O)(c3ccccc3)c3ccccc3)c3ccccc3n2C)=N1. The number of aryl methyl sites for hydroxylation is 1. The average molecular weight is 442 g/mol. The molecule has 1 aliphatic heterocycles. The molecular formula is C27H27N2O2P. The van der Waals surface area contributed by atoms with Gasteiger partial charge in [-0.2, -0.15) is 0 Å². The molecule has 5 heteroatoms. The summed E-state index contributed by atoms with van der Waals surface area (Å²) in [5, 5.41) is 3.39. The number of hydrogen-bond acceptors (Lipinski definition) is 3. The highest BCUT2D eigenvalue weighted by atomic mass is 31.2. The molecule has 0 saturated carbocycles. The monoisotopic (exact) mass is 442 g/mol. The maximum atomic E-state index is 15.3. The van der Waals surface area contributed by atoms with E-state index in [1.165, 1.54) is 0 Å². The summed E-state index contributed by atoms with van der Waals surface area (Å²) in [6, 6.07) is 27.8. The lowest BCUT2D eigenvalue weighted by atomic mass is 10.1. The van der Waals surface area contributed by atoms with Crippen LogP contribution in [0.25, 0.3) is 10.9 Å². The van der Waals surface area contributed by atoms with Crippen molar-refractivity contribution in [3.05, 3.63) is 90.6 Å². The Kier molecular flexibility index (Phi) is 5.27. The molecule has 0 N–H and O–H groups in total. The molecule has 0 radical (unpaired) electrons. The molecular weight excluding hydrogens is 415 g/mol. The van der Waals surface area contributed by atoms with Gasteiger partial charge in [0.15, 0.2) is 7.14 Å². The van der Waals surface area contributed by atoms with Crippen molar-refractivity contribution in [1.29, 1.82) is 0 Å². The van der Waals surface area contributed by atoms with Gasteiger partial charge < -0.3 is 13.9 Å². The van der Waals surface area contributed by atoms with Crippen LogP contribution in [-0.2, 0) is 16.3 Å². The van der Waals surface area contributed by atoms with Gasteiger partial charge in [-0.25, -0.2) is 4.99 Å². The molecule has 2 heterocycles. The molecule has 4 aromatic rings. The van der Waals surface area contributed by atoms with Gasteiger partial charge >= 0.3 is 0 Å². The first-order chi connectivity index (χ1) is 15.5. The van der Waals surface area contributed by atoms with Crippen LogP contribution in [0.2, 0.25) is 0 Å². The number of ether oxygens (including phenoxy) is 1. The predicted molar refractivity (Wildman–Crippen MR) is 133 cm³/mol. The second kappa shape index (κ2) is 8.11. The van der Waals surface area contributed by atoms with Crippen molar-refractivity contribution < 1.29 is 9.30 Å². The van der Waals surface area contributed by atoms with Gasteiger partial charge in [0, 0.05) is 28.6 Å². The van der Waals surface area contributed by atoms with E-state index in [-0.39, 0.29) is 6.04 Å². The third-order valence-electron chi connectivity index (χ3n) is 6.28. The van der Waals surface area contributed by atoms with E-state index in [1.807, 2.05) is 79.8 Å². The van der Waals surface area contributed by atoms with E-state index in [9.17, 15) is 0 Å². The Morgan fingerprint density at radius 1 is 0.906 bits per heavy atom. The van der Waals surface area contributed by atoms with Crippen molar-refractivity contribution in [2.24, 2.45) is 18.0 Å². The van der Waals surface area contributed by atoms with Crippen molar-refractivity contribution in [1.82, 2.24) is 4.57 Å². The van der Waals surface area contributed by atoms with Crippen LogP contribution in [-0.4, -0.2) is 23.1 Å². The van der Waals surface area contributed by atoms with E-state index in [0.29, 0.717) is 18.4 Å². The molecule has 5 rings (SSSR count). The van der Waals surface area contributed by atoms with Crippen LogP contribution in [0.15, 0.2) is 89.9 Å². The van der Waals surface area contributed by atoms with Crippen LogP contribution < -0.4 is 15.9 Å². The number of hydrogen-bond donors (Lipinski definition) is 0. The zero-order valence-electron chi connectivity index (χ0n) is 18.6. The Morgan fingerprint density at radius 3 is 2.03 bits per heavy atom. The van der Waals surface area contributed by atoms with Crippen molar-refractivity contribution in [3.63, 3.8) is 0 Å². The molecule has 4 nitrogen and oxygen atoms in total. The molecule has 0 amide bonds. The Labute approximate surface area is 188 Å². The topological polar surface area (TPSA) is 43.6 Å². The fraction of sp³-hybridized carbons (Fsp3) is 0.222. The molecule has 0 spiro atoms. The van der Waals surface area contributed by atoms with Crippen LogP contribution in [0.1, 0.15) is 19.5 Å². The third kappa shape index (κ3) is 3.22. The number of aliphatic imine (C=N–C) groups is 1. The van der Waals surface area contributed by atoms with E-state index in [2.05, 4.69) is 30.5 Å². The number of nitrogens with zero attached hydrogens (tertiary/aromatic N) is 2. The molecule has 0 fully saturated rings. The van der Waals surface area contributed by atoms with Gasteiger partial charge in [-0.3, -0.25) is 0 Å². The van der Waals surface area contributed by atoms with E-state index in [4.69, 9.17) is 9.73 Å². The normalized spacial score (nSPS) is 16.4. The quantitative estimate of drug-likeness (QED) is 0.424. The molecule has 3 aromatic carbocycles. The predicted octanol–water partition coefficient (Wildman–Crippen LogP) is 4.62. The van der Waals surface area contributed by atoms with E-state index < -0.39 is 7.14 Å². The second-order valence-electron chi connectivity index (χ2n) is 8.61. The molecule has 0 unspecified atom stereocenters. The molecule has 1 aromatic heterocycles. The van der Waals surface area contributed by atoms with Gasteiger partial charge in [0.05, 0.1) is 11.3 Å². The standard InChI is InChI=1S/C27H27N2O2P/c1-19(2)23-18-31-27(28-23)25-26(22-16-10-11-17-24(22)29(25)3)32(30,20-12-6-4-7-13-20)21-14-8-5-9-15-21/h4-17,19,23H,18H2,1-3H3/t23-/m1/s1. The first-order valence-corrected chi connectivity index (χ1v) is 12.7. The summed E-state index contributed by atoms with van der Waals surface area (Å²) >= 11 is 0. The number of benzene rings is 3. The number of fused-ring (bicyclic) bond motifs is 1. The fourth-order valence-corrected chi connectivity index (χ4v) is 7.55. The molecule has 0 bridgehead atoms. The first-order valence-electron chi connectivity index (χ1n) is 11.0. The Bertz CT molecular complexity index is 1300. The fourth-order valence-electron chi connectivity index (χ4n) is 4.48. The molecule has 32 heavy (non-hydrogen) atoms. The van der Waals surface area contributed by atoms with Crippen LogP contribution in [0.5, 0.6) is 0 Å². The lowest BCUT2D eigenvalue weighted by Crippen LogP contribution is -2.29. The van der Waals surface area contributed by atoms with Gasteiger partial charge in [0.25, 0.3) is 0 Å². The van der Waals surface area contributed by atoms with E-state index in [1.54, 1.807) is 0 Å². The van der Waals surface area contributed by atoms with Crippen molar-refractivity contribution in [2.75, 3.05) is 6.61 Å². The van der Waals surface area contributed by atoms with E-state index >= 15 is 4.57 Å². The molecule has 0 saturated heterocycles. The zero-order valence-corrected chi connectivity index (χ0v) is 19.5. The van der Waals surface area contributed by atoms with Crippen molar-refractivity contribution >= 4 is 39.9 Å². The van der Waals surface area contributed by atoms with Crippen LogP contribution >= 0.6 is 7.14 Å². The first kappa shape index (κ1) is 20.8. The highest BCUT2D eigenvalue weighted by Gasteiger charge is 2.39. The van der Waals surface area contributed by atoms with Gasteiger partial charge in [-0.1, -0.05) is 92.7 Å². The second-order valence-corrected chi connectivity index (χ2v) is 11.3. The number of aromatic nitrogens is 1.